The number of benzene rings is 4. The lowest BCUT2D eigenvalue weighted by atomic mass is 9.98. The van der Waals surface area contributed by atoms with Crippen LogP contribution < -0.4 is 18.9 Å². The topological polar surface area (TPSA) is 77.1 Å². The van der Waals surface area contributed by atoms with Crippen molar-refractivity contribution in [2.24, 2.45) is 0 Å². The van der Waals surface area contributed by atoms with Gasteiger partial charge in [0, 0.05) is 30.8 Å². The van der Waals surface area contributed by atoms with E-state index in [1.54, 1.807) is 24.3 Å². The van der Waals surface area contributed by atoms with Crippen LogP contribution in [-0.2, 0) is 10.0 Å². The minimum atomic E-state index is -4.08. The van der Waals surface area contributed by atoms with Gasteiger partial charge in [0.2, 0.25) is 0 Å². The number of likely N-dealkylation sites (tertiary alicyclic amines) is 1. The molecule has 0 aromatic heterocycles. The summed E-state index contributed by atoms with van der Waals surface area (Å²) in [6.45, 7) is 1.72. The van der Waals surface area contributed by atoms with E-state index in [4.69, 9.17) is 25.8 Å². The second-order valence-electron chi connectivity index (χ2n) is 9.27. The zero-order valence-corrected chi connectivity index (χ0v) is 23.0. The van der Waals surface area contributed by atoms with E-state index in [0.29, 0.717) is 33.5 Å². The van der Waals surface area contributed by atoms with E-state index < -0.39 is 10.0 Å². The summed E-state index contributed by atoms with van der Waals surface area (Å²) < 4.78 is 47.6. The van der Waals surface area contributed by atoms with Crippen LogP contribution in [0.3, 0.4) is 0 Å². The molecule has 7 nitrogen and oxygen atoms in total. The van der Waals surface area contributed by atoms with E-state index in [0.717, 1.165) is 35.8 Å². The average molecular weight is 553 g/mol. The molecule has 0 aliphatic carbocycles. The Morgan fingerprint density at radius 1 is 0.895 bits per heavy atom. The maximum Gasteiger partial charge on any atom is 0.262 e. The summed E-state index contributed by atoms with van der Waals surface area (Å²) >= 11 is 6.39. The highest BCUT2D eigenvalue weighted by Crippen LogP contribution is 2.41. The lowest BCUT2D eigenvalue weighted by Gasteiger charge is -2.19. The monoisotopic (exact) mass is 552 g/mol. The normalized spacial score (nSPS) is 15.9. The van der Waals surface area contributed by atoms with Crippen LogP contribution in [-0.4, -0.2) is 53.8 Å². The molecule has 0 spiro atoms. The number of hydrogen-bond acceptors (Lipinski definition) is 6. The molecule has 1 aliphatic rings. The van der Waals surface area contributed by atoms with Crippen LogP contribution in [0.2, 0.25) is 5.02 Å². The Balaban J connectivity index is 1.58. The third-order valence-corrected chi connectivity index (χ3v) is 8.41. The van der Waals surface area contributed by atoms with Gasteiger partial charge in [-0.25, -0.2) is 8.42 Å². The number of rotatable bonds is 8. The van der Waals surface area contributed by atoms with Crippen molar-refractivity contribution in [3.63, 3.8) is 0 Å². The van der Waals surface area contributed by atoms with Gasteiger partial charge in [0.25, 0.3) is 10.0 Å². The Kier molecular flexibility index (Phi) is 7.38. The van der Waals surface area contributed by atoms with Gasteiger partial charge >= 0.3 is 0 Å². The van der Waals surface area contributed by atoms with Gasteiger partial charge < -0.3 is 19.1 Å². The van der Waals surface area contributed by atoms with Gasteiger partial charge in [-0.05, 0) is 48.0 Å². The fraction of sp³-hybridized carbons (Fsp3) is 0.241. The molecule has 1 saturated heterocycles. The smallest absolute Gasteiger partial charge is 0.262 e. The van der Waals surface area contributed by atoms with Gasteiger partial charge in [0.15, 0.2) is 11.5 Å². The fourth-order valence-corrected chi connectivity index (χ4v) is 6.22. The largest absolute Gasteiger partial charge is 0.493 e. The highest BCUT2D eigenvalue weighted by molar-refractivity contribution is 7.92. The highest BCUT2D eigenvalue weighted by Gasteiger charge is 2.26. The second kappa shape index (κ2) is 10.7. The average Bonchev–Trinajstić information content (AvgIpc) is 3.33. The lowest BCUT2D eigenvalue weighted by molar-refractivity contribution is 0.208. The number of fused-ring (bicyclic) bond motifs is 1. The minimum Gasteiger partial charge on any atom is -0.493 e. The van der Waals surface area contributed by atoms with Gasteiger partial charge in [-0.2, -0.15) is 0 Å². The third kappa shape index (κ3) is 5.25. The Labute approximate surface area is 227 Å². The number of ether oxygens (including phenoxy) is 3. The molecule has 1 fully saturated rings. The Morgan fingerprint density at radius 2 is 1.63 bits per heavy atom. The molecule has 0 saturated carbocycles. The number of nitrogens with one attached hydrogen (secondary N) is 1. The van der Waals surface area contributed by atoms with Crippen molar-refractivity contribution in [1.82, 2.24) is 4.90 Å². The molecule has 5 rings (SSSR count). The molecule has 1 unspecified atom stereocenters. The van der Waals surface area contributed by atoms with Crippen molar-refractivity contribution in [3.05, 3.63) is 77.8 Å². The van der Waals surface area contributed by atoms with Crippen molar-refractivity contribution in [1.29, 1.82) is 0 Å². The van der Waals surface area contributed by atoms with Crippen molar-refractivity contribution in [3.8, 4) is 28.4 Å². The van der Waals surface area contributed by atoms with Crippen LogP contribution in [0.15, 0.2) is 77.7 Å². The van der Waals surface area contributed by atoms with Crippen LogP contribution in [0, 0.1) is 0 Å². The quantitative estimate of drug-likeness (QED) is 0.286. The zero-order chi connectivity index (χ0) is 26.9. The van der Waals surface area contributed by atoms with Gasteiger partial charge in [-0.15, -0.1) is 0 Å². The van der Waals surface area contributed by atoms with Crippen LogP contribution in [0.1, 0.15) is 6.42 Å². The summed E-state index contributed by atoms with van der Waals surface area (Å²) in [5.41, 5.74) is 1.59. The highest BCUT2D eigenvalue weighted by atomic mass is 35.5. The number of halogens is 1. The van der Waals surface area contributed by atoms with Gasteiger partial charge in [-0.1, -0.05) is 54.1 Å². The lowest BCUT2D eigenvalue weighted by Crippen LogP contribution is -2.21. The first kappa shape index (κ1) is 26.2. The van der Waals surface area contributed by atoms with Crippen molar-refractivity contribution in [2.75, 3.05) is 39.1 Å². The molecule has 1 N–H and O–H groups in total. The number of methoxy groups -OCH3 is 2. The first-order valence-electron chi connectivity index (χ1n) is 12.2. The number of hydrogen-bond donors (Lipinski definition) is 1. The van der Waals surface area contributed by atoms with Gasteiger partial charge in [-0.3, -0.25) is 4.72 Å². The maximum atomic E-state index is 13.9. The molecule has 0 bridgehead atoms. The molecule has 0 radical (unpaired) electrons. The second-order valence-corrected chi connectivity index (χ2v) is 11.3. The van der Waals surface area contributed by atoms with Crippen molar-refractivity contribution >= 4 is 38.1 Å². The van der Waals surface area contributed by atoms with Crippen LogP contribution >= 0.6 is 11.6 Å². The molecule has 1 atom stereocenters. The van der Waals surface area contributed by atoms with Crippen LogP contribution in [0.5, 0.6) is 17.2 Å². The molecule has 1 aliphatic heterocycles. The van der Waals surface area contributed by atoms with Crippen molar-refractivity contribution < 1.29 is 22.6 Å². The molecule has 0 amide bonds. The summed E-state index contributed by atoms with van der Waals surface area (Å²) in [4.78, 5) is 2.23. The predicted octanol–water partition coefficient (Wildman–Crippen LogP) is 6.06. The van der Waals surface area contributed by atoms with E-state index in [1.807, 2.05) is 49.5 Å². The Bertz CT molecular complexity index is 1590. The summed E-state index contributed by atoms with van der Waals surface area (Å²) in [6, 6.07) is 21.7. The Morgan fingerprint density at radius 3 is 2.37 bits per heavy atom. The summed E-state index contributed by atoms with van der Waals surface area (Å²) in [6.07, 6.45) is 0.871. The molecule has 4 aromatic carbocycles. The maximum absolute atomic E-state index is 13.9. The number of anilines is 1. The molecule has 4 aromatic rings. The summed E-state index contributed by atoms with van der Waals surface area (Å²) in [5.74, 6) is 1.18. The SMILES string of the molecule is COc1cc(-c2cccc3ccccc23)c(S(=O)(=O)Nc2ccc(Cl)c(OC3CCN(C)C3)c2)cc1OC. The van der Waals surface area contributed by atoms with E-state index in [1.165, 1.54) is 20.3 Å². The third-order valence-electron chi connectivity index (χ3n) is 6.68. The Hall–Kier alpha value is -3.46. The van der Waals surface area contributed by atoms with E-state index in [2.05, 4.69) is 9.62 Å². The molecular formula is C29H29ClN2O5S. The molecule has 1 heterocycles. The first-order valence-corrected chi connectivity index (χ1v) is 14.1. The van der Waals surface area contributed by atoms with E-state index >= 15 is 0 Å². The molecule has 9 heteroatoms. The first-order chi connectivity index (χ1) is 18.3. The van der Waals surface area contributed by atoms with Crippen molar-refractivity contribution in [2.45, 2.75) is 17.4 Å². The number of nitrogens with zero attached hydrogens (tertiary/aromatic N) is 1. The zero-order valence-electron chi connectivity index (χ0n) is 21.4. The molecular weight excluding hydrogens is 524 g/mol. The van der Waals surface area contributed by atoms with E-state index in [9.17, 15) is 8.42 Å². The minimum absolute atomic E-state index is 0.00632. The number of sulfonamides is 1. The van der Waals surface area contributed by atoms with E-state index in [-0.39, 0.29) is 11.0 Å². The molecule has 38 heavy (non-hydrogen) atoms. The van der Waals surface area contributed by atoms with Gasteiger partial charge in [0.05, 0.1) is 29.8 Å². The van der Waals surface area contributed by atoms with Crippen LogP contribution in [0.4, 0.5) is 5.69 Å². The fourth-order valence-electron chi connectivity index (χ4n) is 4.79. The van der Waals surface area contributed by atoms with Crippen LogP contribution in [0.25, 0.3) is 21.9 Å². The molecule has 198 valence electrons. The summed E-state index contributed by atoms with van der Waals surface area (Å²) in [5, 5.41) is 2.33. The predicted molar refractivity (Wildman–Crippen MR) is 151 cm³/mol. The van der Waals surface area contributed by atoms with Gasteiger partial charge in [0.1, 0.15) is 11.9 Å². The summed E-state index contributed by atoms with van der Waals surface area (Å²) in [7, 11) is 0.955. The number of likely N-dealkylation sites (N-methyl/N-ethyl adjacent to an activating group) is 1. The standard InChI is InChI=1S/C29H29ClN2O5S/c1-32-14-13-21(18-32)37-26-15-20(11-12-25(26)30)31-38(33,34)29-17-28(36-3)27(35-2)16-24(29)23-10-6-8-19-7-4-5-9-22(19)23/h4-12,15-17,21,31H,13-14,18H2,1-3H3.